The number of fused-ring (bicyclic) bond motifs is 1. The third-order valence-electron chi connectivity index (χ3n) is 5.15. The summed E-state index contributed by atoms with van der Waals surface area (Å²) >= 11 is 0. The lowest BCUT2D eigenvalue weighted by molar-refractivity contribution is 0.0950. The number of imidazole rings is 1. The van der Waals surface area contributed by atoms with Crippen LogP contribution in [0.15, 0.2) is 48.7 Å². The summed E-state index contributed by atoms with van der Waals surface area (Å²) in [5.74, 6) is 1.74. The summed E-state index contributed by atoms with van der Waals surface area (Å²) in [6, 6.07) is 13.9. The Bertz CT molecular complexity index is 952. The number of carbonyl (C=O) groups excluding carboxylic acids is 1. The fraction of sp³-hybridized carbons (Fsp3) is 0.318. The highest BCUT2D eigenvalue weighted by Crippen LogP contribution is 2.30. The standard InChI is InChI=1S/C22H24N4O2/c1-28-19-10-3-2-9-17(19)15-13-18-21(22(27)24-14-15)26-20(25-18)11-6-8-16-7-4-5-12-23-16/h2-5,7,9-10,12,15H,6,8,11,13-14H2,1H3,(H,24,27)(H,25,26)/t15-/m0/s1. The van der Waals surface area contributed by atoms with Crippen LogP contribution in [0, 0.1) is 0 Å². The molecule has 1 aliphatic rings. The van der Waals surface area contributed by atoms with Gasteiger partial charge in [0.05, 0.1) is 7.11 Å². The van der Waals surface area contributed by atoms with Crippen molar-refractivity contribution in [1.29, 1.82) is 0 Å². The van der Waals surface area contributed by atoms with Gasteiger partial charge in [0.25, 0.3) is 5.91 Å². The molecular formula is C22H24N4O2. The first kappa shape index (κ1) is 18.2. The van der Waals surface area contributed by atoms with Gasteiger partial charge in [0.2, 0.25) is 0 Å². The number of aromatic amines is 1. The first-order chi connectivity index (χ1) is 13.7. The number of aryl methyl sites for hydroxylation is 2. The molecule has 1 atom stereocenters. The molecule has 28 heavy (non-hydrogen) atoms. The van der Waals surface area contributed by atoms with Gasteiger partial charge in [0, 0.05) is 36.5 Å². The Morgan fingerprint density at radius 2 is 2.00 bits per heavy atom. The minimum Gasteiger partial charge on any atom is -0.496 e. The fourth-order valence-corrected chi connectivity index (χ4v) is 3.74. The van der Waals surface area contributed by atoms with Crippen LogP contribution >= 0.6 is 0 Å². The second kappa shape index (κ2) is 8.25. The van der Waals surface area contributed by atoms with Crippen LogP contribution in [0.25, 0.3) is 0 Å². The van der Waals surface area contributed by atoms with E-state index in [2.05, 4.69) is 26.3 Å². The molecule has 1 aliphatic heterocycles. The van der Waals surface area contributed by atoms with E-state index in [0.717, 1.165) is 54.2 Å². The molecule has 6 heteroatoms. The minimum absolute atomic E-state index is 0.111. The smallest absolute Gasteiger partial charge is 0.271 e. The van der Waals surface area contributed by atoms with Crippen LogP contribution < -0.4 is 10.1 Å². The van der Waals surface area contributed by atoms with Crippen LogP contribution in [0.2, 0.25) is 0 Å². The summed E-state index contributed by atoms with van der Waals surface area (Å²) in [5.41, 5.74) is 3.60. The van der Waals surface area contributed by atoms with Crippen LogP contribution in [0.5, 0.6) is 5.75 Å². The molecule has 0 fully saturated rings. The van der Waals surface area contributed by atoms with E-state index in [1.807, 2.05) is 42.6 Å². The molecule has 6 nitrogen and oxygen atoms in total. The van der Waals surface area contributed by atoms with Gasteiger partial charge in [-0.25, -0.2) is 4.98 Å². The Labute approximate surface area is 164 Å². The molecule has 0 saturated heterocycles. The molecule has 0 bridgehead atoms. The number of para-hydroxylation sites is 1. The number of carbonyl (C=O) groups is 1. The van der Waals surface area contributed by atoms with Crippen LogP contribution in [0.1, 0.15) is 45.6 Å². The van der Waals surface area contributed by atoms with E-state index in [9.17, 15) is 4.79 Å². The van der Waals surface area contributed by atoms with E-state index in [4.69, 9.17) is 4.74 Å². The maximum absolute atomic E-state index is 12.5. The van der Waals surface area contributed by atoms with Crippen LogP contribution in [-0.2, 0) is 19.3 Å². The largest absolute Gasteiger partial charge is 0.496 e. The number of H-pyrrole nitrogens is 1. The average Bonchev–Trinajstić information content (AvgIpc) is 3.07. The van der Waals surface area contributed by atoms with Crippen molar-refractivity contribution in [1.82, 2.24) is 20.3 Å². The molecule has 2 aromatic heterocycles. The third-order valence-corrected chi connectivity index (χ3v) is 5.15. The topological polar surface area (TPSA) is 79.9 Å². The molecule has 1 aromatic carbocycles. The quantitative estimate of drug-likeness (QED) is 0.693. The van der Waals surface area contributed by atoms with Crippen molar-refractivity contribution >= 4 is 5.91 Å². The number of amides is 1. The molecule has 4 rings (SSSR count). The molecule has 0 unspecified atom stereocenters. The first-order valence-corrected chi connectivity index (χ1v) is 9.63. The van der Waals surface area contributed by atoms with E-state index in [-0.39, 0.29) is 11.8 Å². The second-order valence-corrected chi connectivity index (χ2v) is 7.04. The lowest BCUT2D eigenvalue weighted by Gasteiger charge is -2.17. The Kier molecular flexibility index (Phi) is 5.37. The molecule has 0 spiro atoms. The summed E-state index contributed by atoms with van der Waals surface area (Å²) in [6.45, 7) is 0.568. The summed E-state index contributed by atoms with van der Waals surface area (Å²) in [6.07, 6.45) is 5.15. The van der Waals surface area contributed by atoms with Gasteiger partial charge >= 0.3 is 0 Å². The normalized spacial score (nSPS) is 16.2. The van der Waals surface area contributed by atoms with Crippen LogP contribution in [0.4, 0.5) is 0 Å². The van der Waals surface area contributed by atoms with Crippen LogP contribution in [-0.4, -0.2) is 34.5 Å². The molecule has 0 radical (unpaired) electrons. The zero-order chi connectivity index (χ0) is 19.3. The number of pyridine rings is 1. The van der Waals surface area contributed by atoms with Gasteiger partial charge in [-0.2, -0.15) is 0 Å². The van der Waals surface area contributed by atoms with E-state index in [0.29, 0.717) is 12.2 Å². The van der Waals surface area contributed by atoms with Gasteiger partial charge in [0.1, 0.15) is 17.3 Å². The van der Waals surface area contributed by atoms with Crippen molar-refractivity contribution in [3.05, 3.63) is 77.1 Å². The molecule has 144 valence electrons. The number of methoxy groups -OCH3 is 1. The van der Waals surface area contributed by atoms with Gasteiger partial charge < -0.3 is 15.0 Å². The lowest BCUT2D eigenvalue weighted by atomic mass is 9.93. The Balaban J connectivity index is 1.49. The number of nitrogens with one attached hydrogen (secondary N) is 2. The number of rotatable bonds is 6. The monoisotopic (exact) mass is 376 g/mol. The van der Waals surface area contributed by atoms with Crippen molar-refractivity contribution in [2.24, 2.45) is 0 Å². The Hall–Kier alpha value is -3.15. The molecular weight excluding hydrogens is 352 g/mol. The van der Waals surface area contributed by atoms with Crippen LogP contribution in [0.3, 0.4) is 0 Å². The Morgan fingerprint density at radius 1 is 1.14 bits per heavy atom. The number of nitrogens with zero attached hydrogens (tertiary/aromatic N) is 2. The SMILES string of the molecule is COc1ccccc1[C@@H]1CNC(=O)c2nc(CCCc3ccccn3)[nH]c2C1. The van der Waals surface area contributed by atoms with Crippen molar-refractivity contribution in [2.45, 2.75) is 31.6 Å². The highest BCUT2D eigenvalue weighted by molar-refractivity contribution is 5.94. The number of aromatic nitrogens is 3. The average molecular weight is 376 g/mol. The number of hydrogen-bond donors (Lipinski definition) is 2. The molecule has 0 saturated carbocycles. The first-order valence-electron chi connectivity index (χ1n) is 9.63. The molecule has 3 heterocycles. The van der Waals surface area contributed by atoms with Crippen molar-refractivity contribution in [3.8, 4) is 5.75 Å². The zero-order valence-corrected chi connectivity index (χ0v) is 15.9. The third kappa shape index (κ3) is 3.91. The van der Waals surface area contributed by atoms with Gasteiger partial charge in [-0.15, -0.1) is 0 Å². The van der Waals surface area contributed by atoms with E-state index < -0.39 is 0 Å². The summed E-state index contributed by atoms with van der Waals surface area (Å²) < 4.78 is 5.51. The van der Waals surface area contributed by atoms with Crippen molar-refractivity contribution < 1.29 is 9.53 Å². The number of ether oxygens (including phenoxy) is 1. The maximum Gasteiger partial charge on any atom is 0.271 e. The van der Waals surface area contributed by atoms with Gasteiger partial charge in [-0.05, 0) is 43.0 Å². The lowest BCUT2D eigenvalue weighted by Crippen LogP contribution is -2.26. The Morgan fingerprint density at radius 3 is 2.82 bits per heavy atom. The van der Waals surface area contributed by atoms with E-state index >= 15 is 0 Å². The predicted molar refractivity (Wildman–Crippen MR) is 107 cm³/mol. The number of hydrogen-bond acceptors (Lipinski definition) is 4. The highest BCUT2D eigenvalue weighted by atomic mass is 16.5. The molecule has 3 aromatic rings. The fourth-order valence-electron chi connectivity index (χ4n) is 3.74. The zero-order valence-electron chi connectivity index (χ0n) is 15.9. The van der Waals surface area contributed by atoms with Gasteiger partial charge in [0.15, 0.2) is 0 Å². The molecule has 2 N–H and O–H groups in total. The van der Waals surface area contributed by atoms with Crippen molar-refractivity contribution in [2.75, 3.05) is 13.7 Å². The van der Waals surface area contributed by atoms with E-state index in [1.165, 1.54) is 0 Å². The van der Waals surface area contributed by atoms with Gasteiger partial charge in [-0.1, -0.05) is 24.3 Å². The van der Waals surface area contributed by atoms with Gasteiger partial charge in [-0.3, -0.25) is 9.78 Å². The second-order valence-electron chi connectivity index (χ2n) is 7.04. The summed E-state index contributed by atoms with van der Waals surface area (Å²) in [5, 5.41) is 3.01. The molecule has 1 amide bonds. The van der Waals surface area contributed by atoms with Crippen molar-refractivity contribution in [3.63, 3.8) is 0 Å². The minimum atomic E-state index is -0.111. The van der Waals surface area contributed by atoms with E-state index in [1.54, 1.807) is 7.11 Å². The maximum atomic E-state index is 12.5. The summed E-state index contributed by atoms with van der Waals surface area (Å²) in [7, 11) is 1.68. The predicted octanol–water partition coefficient (Wildman–Crippen LogP) is 3.06. The molecule has 0 aliphatic carbocycles. The highest BCUT2D eigenvalue weighted by Gasteiger charge is 2.27. The number of benzene rings is 1. The summed E-state index contributed by atoms with van der Waals surface area (Å²) in [4.78, 5) is 24.8.